The second-order valence-corrected chi connectivity index (χ2v) is 7.02. The number of hydrogen-bond donors (Lipinski definition) is 1. The van der Waals surface area contributed by atoms with E-state index in [1.807, 2.05) is 46.4 Å². The van der Waals surface area contributed by atoms with Crippen LogP contribution in [-0.2, 0) is 4.79 Å². The first-order chi connectivity index (χ1) is 13.7. The molecule has 0 unspecified atom stereocenters. The third-order valence-corrected chi connectivity index (χ3v) is 5.04. The number of amides is 1. The second-order valence-electron chi connectivity index (χ2n) is 6.15. The third-order valence-electron chi connectivity index (χ3n) is 4.27. The lowest BCUT2D eigenvalue weighted by Crippen LogP contribution is -2.20. The van der Waals surface area contributed by atoms with E-state index in [1.54, 1.807) is 29.5 Å². The van der Waals surface area contributed by atoms with Gasteiger partial charge in [0.05, 0.1) is 5.69 Å². The maximum absolute atomic E-state index is 12.2. The Bertz CT molecular complexity index is 1120. The zero-order chi connectivity index (χ0) is 18.9. The number of carbonyl (C=O) groups excluding carboxylic acids is 1. The molecule has 1 aliphatic rings. The minimum absolute atomic E-state index is 0.0985. The largest absolute Gasteiger partial charge is 0.484 e. The van der Waals surface area contributed by atoms with Gasteiger partial charge >= 0.3 is 0 Å². The van der Waals surface area contributed by atoms with E-state index in [0.29, 0.717) is 22.9 Å². The molecule has 5 rings (SSSR count). The molecule has 8 heteroatoms. The molecule has 0 bridgehead atoms. The van der Waals surface area contributed by atoms with Crippen molar-refractivity contribution in [2.45, 2.75) is 0 Å². The normalized spacial score (nSPS) is 12.3. The Kier molecular flexibility index (Phi) is 4.10. The van der Waals surface area contributed by atoms with Gasteiger partial charge in [-0.05, 0) is 24.3 Å². The topological polar surface area (TPSA) is 74.1 Å². The van der Waals surface area contributed by atoms with Crippen molar-refractivity contribution in [2.75, 3.05) is 18.7 Å². The molecule has 0 atom stereocenters. The molecule has 0 saturated heterocycles. The molecule has 0 saturated carbocycles. The van der Waals surface area contributed by atoms with Crippen molar-refractivity contribution in [3.05, 3.63) is 60.2 Å². The number of aromatic nitrogens is 2. The number of anilines is 1. The molecule has 1 aliphatic heterocycles. The number of imidazole rings is 1. The van der Waals surface area contributed by atoms with Gasteiger partial charge in [0.25, 0.3) is 5.91 Å². The quantitative estimate of drug-likeness (QED) is 0.558. The molecule has 7 nitrogen and oxygen atoms in total. The highest BCUT2D eigenvalue weighted by Crippen LogP contribution is 2.35. The highest BCUT2D eigenvalue weighted by molar-refractivity contribution is 7.15. The molecule has 1 amide bonds. The highest BCUT2D eigenvalue weighted by Gasteiger charge is 2.14. The predicted octanol–water partition coefficient (Wildman–Crippen LogP) is 3.81. The molecule has 2 aromatic carbocycles. The first-order valence-electron chi connectivity index (χ1n) is 8.59. The van der Waals surface area contributed by atoms with E-state index in [4.69, 9.17) is 14.2 Å². The van der Waals surface area contributed by atoms with Crippen LogP contribution in [0.2, 0.25) is 0 Å². The van der Waals surface area contributed by atoms with Gasteiger partial charge in [-0.25, -0.2) is 4.98 Å². The van der Waals surface area contributed by atoms with Crippen molar-refractivity contribution in [1.29, 1.82) is 0 Å². The smallest absolute Gasteiger partial charge is 0.262 e. The van der Waals surface area contributed by atoms with Crippen LogP contribution in [0.15, 0.2) is 60.2 Å². The summed E-state index contributed by atoms with van der Waals surface area (Å²) in [6, 6.07) is 12.8. The SMILES string of the molecule is O=C(COc1ccc2c(c1)OCO2)Nc1ccc(-c2cn3ccsc3n2)cc1. The Morgan fingerprint density at radius 2 is 2.04 bits per heavy atom. The van der Waals surface area contributed by atoms with Gasteiger partial charge in [-0.2, -0.15) is 0 Å². The van der Waals surface area contributed by atoms with Gasteiger partial charge in [0, 0.05) is 35.1 Å². The van der Waals surface area contributed by atoms with E-state index < -0.39 is 0 Å². The third kappa shape index (κ3) is 3.25. The highest BCUT2D eigenvalue weighted by atomic mass is 32.1. The van der Waals surface area contributed by atoms with E-state index >= 15 is 0 Å². The van der Waals surface area contributed by atoms with Crippen LogP contribution in [0.1, 0.15) is 0 Å². The van der Waals surface area contributed by atoms with Crippen molar-refractivity contribution in [3.8, 4) is 28.5 Å². The fourth-order valence-electron chi connectivity index (χ4n) is 2.90. The number of nitrogens with zero attached hydrogens (tertiary/aromatic N) is 2. The van der Waals surface area contributed by atoms with Crippen molar-refractivity contribution in [1.82, 2.24) is 9.38 Å². The molecule has 0 radical (unpaired) electrons. The van der Waals surface area contributed by atoms with E-state index in [2.05, 4.69) is 10.3 Å². The summed E-state index contributed by atoms with van der Waals surface area (Å²) in [6.45, 7) is 0.102. The number of rotatable bonds is 5. The number of hydrogen-bond acceptors (Lipinski definition) is 6. The minimum atomic E-state index is -0.243. The van der Waals surface area contributed by atoms with E-state index in [1.165, 1.54) is 0 Å². The molecule has 0 fully saturated rings. The molecule has 28 heavy (non-hydrogen) atoms. The number of ether oxygens (including phenoxy) is 3. The lowest BCUT2D eigenvalue weighted by atomic mass is 10.1. The van der Waals surface area contributed by atoms with E-state index in [0.717, 1.165) is 16.2 Å². The molecule has 140 valence electrons. The molecule has 2 aromatic heterocycles. The maximum Gasteiger partial charge on any atom is 0.262 e. The summed E-state index contributed by atoms with van der Waals surface area (Å²) in [5.74, 6) is 1.60. The lowest BCUT2D eigenvalue weighted by molar-refractivity contribution is -0.118. The first-order valence-corrected chi connectivity index (χ1v) is 9.47. The van der Waals surface area contributed by atoms with Crippen molar-refractivity contribution < 1.29 is 19.0 Å². The van der Waals surface area contributed by atoms with Crippen LogP contribution in [0, 0.1) is 0 Å². The molecular formula is C20H15N3O4S. The van der Waals surface area contributed by atoms with Crippen LogP contribution < -0.4 is 19.5 Å². The van der Waals surface area contributed by atoms with Crippen molar-refractivity contribution >= 4 is 27.9 Å². The van der Waals surface area contributed by atoms with E-state index in [9.17, 15) is 4.79 Å². The van der Waals surface area contributed by atoms with Gasteiger partial charge in [-0.1, -0.05) is 12.1 Å². The van der Waals surface area contributed by atoms with Gasteiger partial charge < -0.3 is 19.5 Å². The Morgan fingerprint density at radius 3 is 2.89 bits per heavy atom. The number of nitrogens with one attached hydrogen (secondary N) is 1. The van der Waals surface area contributed by atoms with Crippen LogP contribution in [0.25, 0.3) is 16.2 Å². The van der Waals surface area contributed by atoms with Crippen molar-refractivity contribution in [3.63, 3.8) is 0 Å². The number of thiazole rings is 1. The monoisotopic (exact) mass is 393 g/mol. The maximum atomic E-state index is 12.2. The Labute approximate surface area is 164 Å². The molecule has 0 spiro atoms. The lowest BCUT2D eigenvalue weighted by Gasteiger charge is -2.08. The number of fused-ring (bicyclic) bond motifs is 2. The second kappa shape index (κ2) is 6.90. The summed E-state index contributed by atoms with van der Waals surface area (Å²) in [5, 5.41) is 4.82. The van der Waals surface area contributed by atoms with Crippen LogP contribution in [0.3, 0.4) is 0 Å². The summed E-state index contributed by atoms with van der Waals surface area (Å²) < 4.78 is 18.1. The fourth-order valence-corrected chi connectivity index (χ4v) is 3.60. The van der Waals surface area contributed by atoms with E-state index in [-0.39, 0.29) is 19.3 Å². The molecule has 1 N–H and O–H groups in total. The van der Waals surface area contributed by atoms with Crippen LogP contribution in [0.4, 0.5) is 5.69 Å². The van der Waals surface area contributed by atoms with Gasteiger partial charge in [-0.3, -0.25) is 9.20 Å². The van der Waals surface area contributed by atoms with Crippen LogP contribution in [-0.4, -0.2) is 28.7 Å². The summed E-state index contributed by atoms with van der Waals surface area (Å²) >= 11 is 1.59. The molecule has 0 aliphatic carbocycles. The molecule has 4 aromatic rings. The van der Waals surface area contributed by atoms with Crippen LogP contribution in [0.5, 0.6) is 17.2 Å². The zero-order valence-corrected chi connectivity index (χ0v) is 15.4. The molecular weight excluding hydrogens is 378 g/mol. The number of benzene rings is 2. The summed E-state index contributed by atoms with van der Waals surface area (Å²) in [4.78, 5) is 17.7. The Morgan fingerprint density at radius 1 is 1.18 bits per heavy atom. The summed E-state index contributed by atoms with van der Waals surface area (Å²) in [7, 11) is 0. The van der Waals surface area contributed by atoms with Gasteiger partial charge in [0.2, 0.25) is 6.79 Å². The zero-order valence-electron chi connectivity index (χ0n) is 14.6. The molecule has 3 heterocycles. The van der Waals surface area contributed by atoms with Crippen LogP contribution >= 0.6 is 11.3 Å². The average molecular weight is 393 g/mol. The Hall–Kier alpha value is -3.52. The van der Waals surface area contributed by atoms with Gasteiger partial charge in [0.15, 0.2) is 23.1 Å². The average Bonchev–Trinajstić information content (AvgIpc) is 3.42. The fraction of sp³-hybridized carbons (Fsp3) is 0.100. The Balaban J connectivity index is 1.20. The van der Waals surface area contributed by atoms with Crippen molar-refractivity contribution in [2.24, 2.45) is 0 Å². The summed E-state index contributed by atoms with van der Waals surface area (Å²) in [6.07, 6.45) is 3.96. The minimum Gasteiger partial charge on any atom is -0.484 e. The van der Waals surface area contributed by atoms with Gasteiger partial charge in [0.1, 0.15) is 5.75 Å². The summed E-state index contributed by atoms with van der Waals surface area (Å²) in [5.41, 5.74) is 2.59. The standard InChI is InChI=1S/C20H15N3O4S/c24-19(11-25-15-5-6-17-18(9-15)27-12-26-17)21-14-3-1-13(2-4-14)16-10-23-7-8-28-20(23)22-16/h1-10H,11-12H2,(H,21,24). The predicted molar refractivity (Wildman–Crippen MR) is 105 cm³/mol. The number of carbonyl (C=O) groups is 1. The first kappa shape index (κ1) is 16.6. The van der Waals surface area contributed by atoms with Gasteiger partial charge in [-0.15, -0.1) is 11.3 Å².